The van der Waals surface area contributed by atoms with E-state index >= 15 is 0 Å². The zero-order valence-corrected chi connectivity index (χ0v) is 13.4. The van der Waals surface area contributed by atoms with Crippen LogP contribution in [0, 0.1) is 6.92 Å². The lowest BCUT2D eigenvalue weighted by atomic mass is 10.1. The largest absolute Gasteiger partial charge is 0.451 e. The van der Waals surface area contributed by atoms with E-state index in [2.05, 4.69) is 14.1 Å². The van der Waals surface area contributed by atoms with Crippen LogP contribution in [-0.4, -0.2) is 14.7 Å². The molecule has 4 aromatic rings. The Labute approximate surface area is 140 Å². The van der Waals surface area contributed by atoms with E-state index in [1.807, 2.05) is 13.0 Å². The van der Waals surface area contributed by atoms with E-state index < -0.39 is 5.91 Å². The highest BCUT2D eigenvalue weighted by atomic mass is 32.1. The molecule has 0 atom stereocenters. The van der Waals surface area contributed by atoms with Gasteiger partial charge in [0.1, 0.15) is 16.6 Å². The van der Waals surface area contributed by atoms with Crippen molar-refractivity contribution < 1.29 is 9.21 Å². The van der Waals surface area contributed by atoms with Crippen LogP contribution < -0.4 is 10.7 Å². The Morgan fingerprint density at radius 1 is 1.08 bits per heavy atom. The van der Waals surface area contributed by atoms with Crippen LogP contribution in [0.15, 0.2) is 51.7 Å². The third-order valence-electron chi connectivity index (χ3n) is 3.62. The minimum absolute atomic E-state index is 0.0344. The van der Waals surface area contributed by atoms with Crippen LogP contribution in [0.4, 0.5) is 5.69 Å². The summed E-state index contributed by atoms with van der Waals surface area (Å²) < 4.78 is 13.8. The second kappa shape index (κ2) is 5.54. The van der Waals surface area contributed by atoms with Crippen LogP contribution in [0.2, 0.25) is 0 Å². The maximum absolute atomic E-state index is 12.4. The molecule has 0 aliphatic heterocycles. The van der Waals surface area contributed by atoms with Crippen molar-refractivity contribution in [1.29, 1.82) is 0 Å². The molecule has 2 aromatic carbocycles. The zero-order chi connectivity index (χ0) is 16.7. The van der Waals surface area contributed by atoms with Crippen LogP contribution in [-0.2, 0) is 0 Å². The normalized spacial score (nSPS) is 11.0. The highest BCUT2D eigenvalue weighted by Gasteiger charge is 2.13. The van der Waals surface area contributed by atoms with E-state index in [1.54, 1.807) is 30.3 Å². The first-order valence-corrected chi connectivity index (χ1v) is 7.91. The maximum Gasteiger partial charge on any atom is 0.291 e. The molecule has 0 fully saturated rings. The minimum Gasteiger partial charge on any atom is -0.451 e. The van der Waals surface area contributed by atoms with Gasteiger partial charge in [-0.3, -0.25) is 9.59 Å². The van der Waals surface area contributed by atoms with Gasteiger partial charge in [0, 0.05) is 11.8 Å². The van der Waals surface area contributed by atoms with Gasteiger partial charge in [-0.05, 0) is 37.3 Å². The first-order chi connectivity index (χ1) is 11.6. The smallest absolute Gasteiger partial charge is 0.291 e. The van der Waals surface area contributed by atoms with Gasteiger partial charge < -0.3 is 9.73 Å². The molecule has 0 bridgehead atoms. The Morgan fingerprint density at radius 3 is 2.79 bits per heavy atom. The number of benzene rings is 2. The number of anilines is 1. The molecule has 0 radical (unpaired) electrons. The van der Waals surface area contributed by atoms with Gasteiger partial charge in [-0.1, -0.05) is 11.6 Å². The Balaban J connectivity index is 1.69. The lowest BCUT2D eigenvalue weighted by Gasteiger charge is -2.05. The SMILES string of the molecule is Cc1ccc2oc(C(=O)Nc3ccc4nsnc4c3)cc(=O)c2c1. The summed E-state index contributed by atoms with van der Waals surface area (Å²) in [6, 6.07) is 11.7. The van der Waals surface area contributed by atoms with Gasteiger partial charge in [0.15, 0.2) is 11.2 Å². The number of hydrogen-bond acceptors (Lipinski definition) is 6. The lowest BCUT2D eigenvalue weighted by molar-refractivity contribution is 0.0997. The van der Waals surface area contributed by atoms with Crippen LogP contribution >= 0.6 is 11.7 Å². The summed E-state index contributed by atoms with van der Waals surface area (Å²) in [5, 5.41) is 3.17. The standard InChI is InChI=1S/C17H11N3O3S/c1-9-2-5-15-11(6-9)14(21)8-16(23-15)17(22)18-10-3-4-12-13(7-10)20-24-19-12/h2-8H,1H3,(H,18,22). The maximum atomic E-state index is 12.4. The number of carbonyl (C=O) groups excluding carboxylic acids is 1. The second-order valence-electron chi connectivity index (χ2n) is 5.40. The zero-order valence-electron chi connectivity index (χ0n) is 12.6. The van der Waals surface area contributed by atoms with Crippen molar-refractivity contribution in [2.45, 2.75) is 6.92 Å². The summed E-state index contributed by atoms with van der Waals surface area (Å²) >= 11 is 1.11. The monoisotopic (exact) mass is 337 g/mol. The summed E-state index contributed by atoms with van der Waals surface area (Å²) in [5.74, 6) is -0.523. The molecule has 0 aliphatic rings. The number of nitrogens with one attached hydrogen (secondary N) is 1. The lowest BCUT2D eigenvalue weighted by Crippen LogP contribution is -2.15. The molecule has 24 heavy (non-hydrogen) atoms. The summed E-state index contributed by atoms with van der Waals surface area (Å²) in [5.41, 5.74) is 3.13. The molecule has 2 heterocycles. The number of nitrogens with zero attached hydrogens (tertiary/aromatic N) is 2. The molecular formula is C17H11N3O3S. The molecule has 0 unspecified atom stereocenters. The quantitative estimate of drug-likeness (QED) is 0.606. The summed E-state index contributed by atoms with van der Waals surface area (Å²) in [6.07, 6.45) is 0. The Hall–Kier alpha value is -3.06. The summed E-state index contributed by atoms with van der Waals surface area (Å²) in [6.45, 7) is 1.89. The van der Waals surface area contributed by atoms with Crippen LogP contribution in [0.25, 0.3) is 22.0 Å². The van der Waals surface area contributed by atoms with Gasteiger partial charge in [-0.25, -0.2) is 0 Å². The average Bonchev–Trinajstić information content (AvgIpc) is 3.03. The predicted octanol–water partition coefficient (Wildman–Crippen LogP) is 3.36. The fraction of sp³-hybridized carbons (Fsp3) is 0.0588. The first kappa shape index (κ1) is 14.5. The Kier molecular flexibility index (Phi) is 3.35. The molecule has 1 amide bonds. The highest BCUT2D eigenvalue weighted by molar-refractivity contribution is 7.00. The van der Waals surface area contributed by atoms with Gasteiger partial charge in [0.05, 0.1) is 17.1 Å². The number of aromatic nitrogens is 2. The molecule has 0 saturated heterocycles. The van der Waals surface area contributed by atoms with Crippen molar-refractivity contribution in [3.63, 3.8) is 0 Å². The highest BCUT2D eigenvalue weighted by Crippen LogP contribution is 2.19. The Morgan fingerprint density at radius 2 is 1.92 bits per heavy atom. The molecule has 118 valence electrons. The van der Waals surface area contributed by atoms with E-state index in [0.717, 1.165) is 22.8 Å². The van der Waals surface area contributed by atoms with Gasteiger partial charge in [0.2, 0.25) is 0 Å². The van der Waals surface area contributed by atoms with Crippen LogP contribution in [0.1, 0.15) is 16.1 Å². The first-order valence-electron chi connectivity index (χ1n) is 7.18. The van der Waals surface area contributed by atoms with E-state index in [-0.39, 0.29) is 11.2 Å². The van der Waals surface area contributed by atoms with Gasteiger partial charge in [0.25, 0.3) is 5.91 Å². The number of amides is 1. The molecule has 6 nitrogen and oxygen atoms in total. The molecule has 0 spiro atoms. The molecular weight excluding hydrogens is 326 g/mol. The van der Waals surface area contributed by atoms with E-state index in [4.69, 9.17) is 4.42 Å². The molecule has 1 N–H and O–H groups in total. The number of carbonyl (C=O) groups is 1. The number of rotatable bonds is 2. The molecule has 2 aromatic heterocycles. The third-order valence-corrected chi connectivity index (χ3v) is 4.17. The number of hydrogen-bond donors (Lipinski definition) is 1. The minimum atomic E-state index is -0.489. The number of fused-ring (bicyclic) bond motifs is 2. The van der Waals surface area contributed by atoms with Crippen LogP contribution in [0.3, 0.4) is 0 Å². The molecule has 7 heteroatoms. The van der Waals surface area contributed by atoms with Crippen molar-refractivity contribution in [3.05, 3.63) is 64.0 Å². The summed E-state index contributed by atoms with van der Waals surface area (Å²) in [7, 11) is 0. The molecule has 4 rings (SSSR count). The van der Waals surface area contributed by atoms with Crippen molar-refractivity contribution in [2.24, 2.45) is 0 Å². The van der Waals surface area contributed by atoms with Crippen molar-refractivity contribution >= 4 is 45.3 Å². The van der Waals surface area contributed by atoms with E-state index in [0.29, 0.717) is 22.2 Å². The van der Waals surface area contributed by atoms with E-state index in [1.165, 1.54) is 6.07 Å². The van der Waals surface area contributed by atoms with Crippen molar-refractivity contribution in [2.75, 3.05) is 5.32 Å². The Bertz CT molecular complexity index is 1150. The van der Waals surface area contributed by atoms with Crippen molar-refractivity contribution in [1.82, 2.24) is 8.75 Å². The summed E-state index contributed by atoms with van der Waals surface area (Å²) in [4.78, 5) is 24.6. The fourth-order valence-corrected chi connectivity index (χ4v) is 2.95. The third kappa shape index (κ3) is 2.55. The van der Waals surface area contributed by atoms with Gasteiger partial charge >= 0.3 is 0 Å². The van der Waals surface area contributed by atoms with Gasteiger partial charge in [-0.2, -0.15) is 8.75 Å². The predicted molar refractivity (Wildman–Crippen MR) is 92.6 cm³/mol. The van der Waals surface area contributed by atoms with E-state index in [9.17, 15) is 9.59 Å². The topological polar surface area (TPSA) is 85.1 Å². The molecule has 0 aliphatic carbocycles. The van der Waals surface area contributed by atoms with Crippen molar-refractivity contribution in [3.8, 4) is 0 Å². The second-order valence-corrected chi connectivity index (χ2v) is 5.92. The fourth-order valence-electron chi connectivity index (χ4n) is 2.43. The molecule has 0 saturated carbocycles. The van der Waals surface area contributed by atoms with Crippen LogP contribution in [0.5, 0.6) is 0 Å². The number of aryl methyl sites for hydroxylation is 1. The average molecular weight is 337 g/mol. The van der Waals surface area contributed by atoms with Gasteiger partial charge in [-0.15, -0.1) is 0 Å².